The highest BCUT2D eigenvalue weighted by atomic mass is 79.9. The number of hydrogen-bond donors (Lipinski definition) is 0. The maximum absolute atomic E-state index is 11.1. The van der Waals surface area contributed by atoms with E-state index >= 15 is 0 Å². The molecule has 0 aliphatic heterocycles. The second-order valence-corrected chi connectivity index (χ2v) is 3.81. The van der Waals surface area contributed by atoms with Crippen LogP contribution in [0.25, 0.3) is 0 Å². The van der Waals surface area contributed by atoms with Crippen molar-refractivity contribution in [3.05, 3.63) is 32.8 Å². The number of halogens is 2. The van der Waals surface area contributed by atoms with Gasteiger partial charge in [0, 0.05) is 20.6 Å². The number of rotatable bonds is 2. The van der Waals surface area contributed by atoms with Gasteiger partial charge in [-0.3, -0.25) is 9.59 Å². The van der Waals surface area contributed by atoms with Gasteiger partial charge >= 0.3 is 0 Å². The second kappa shape index (κ2) is 4.03. The van der Waals surface area contributed by atoms with Crippen LogP contribution in [-0.2, 0) is 0 Å². The van der Waals surface area contributed by atoms with Gasteiger partial charge in [-0.1, -0.05) is 11.6 Å². The molecule has 0 unspecified atom stereocenters. The molecule has 1 rings (SSSR count). The van der Waals surface area contributed by atoms with Crippen LogP contribution in [0.2, 0.25) is 5.02 Å². The van der Waals surface area contributed by atoms with Crippen molar-refractivity contribution in [1.82, 2.24) is 0 Å². The lowest BCUT2D eigenvalue weighted by molar-refractivity contribution is 0.100. The highest BCUT2D eigenvalue weighted by Crippen LogP contribution is 2.24. The lowest BCUT2D eigenvalue weighted by Gasteiger charge is -2.03. The summed E-state index contributed by atoms with van der Waals surface area (Å²) in [5.74, 6) is -0.176. The Hall–Kier alpha value is -0.670. The minimum absolute atomic E-state index is 0.176. The van der Waals surface area contributed by atoms with Crippen molar-refractivity contribution in [2.24, 2.45) is 0 Å². The maximum Gasteiger partial charge on any atom is 0.160 e. The SMILES string of the molecule is CC(=O)c1cc(Cl)cc(Br)c1C=O. The molecule has 1 aromatic carbocycles. The smallest absolute Gasteiger partial charge is 0.160 e. The van der Waals surface area contributed by atoms with E-state index in [9.17, 15) is 9.59 Å². The molecule has 0 aromatic heterocycles. The summed E-state index contributed by atoms with van der Waals surface area (Å²) in [4.78, 5) is 21.7. The number of aldehydes is 1. The third-order valence-corrected chi connectivity index (χ3v) is 2.47. The van der Waals surface area contributed by atoms with Crippen LogP contribution in [0.5, 0.6) is 0 Å². The standard InChI is InChI=1S/C9H6BrClO2/c1-5(13)7-2-6(11)3-9(10)8(7)4-12/h2-4H,1H3. The van der Waals surface area contributed by atoms with Crippen molar-refractivity contribution in [3.8, 4) is 0 Å². The zero-order chi connectivity index (χ0) is 10.0. The molecular formula is C9H6BrClO2. The second-order valence-electron chi connectivity index (χ2n) is 2.52. The van der Waals surface area contributed by atoms with Crippen molar-refractivity contribution >= 4 is 39.6 Å². The van der Waals surface area contributed by atoms with Crippen LogP contribution in [0.3, 0.4) is 0 Å². The number of carbonyl (C=O) groups excluding carboxylic acids is 2. The van der Waals surface area contributed by atoms with Gasteiger partial charge in [-0.05, 0) is 35.0 Å². The number of ketones is 1. The molecule has 2 nitrogen and oxygen atoms in total. The molecule has 0 saturated heterocycles. The maximum atomic E-state index is 11.1. The van der Waals surface area contributed by atoms with Crippen molar-refractivity contribution in [3.63, 3.8) is 0 Å². The number of benzene rings is 1. The van der Waals surface area contributed by atoms with E-state index in [1.807, 2.05) is 0 Å². The van der Waals surface area contributed by atoms with Crippen LogP contribution in [0.4, 0.5) is 0 Å². The summed E-state index contributed by atoms with van der Waals surface area (Å²) in [6.07, 6.45) is 0.636. The minimum atomic E-state index is -0.176. The molecule has 0 spiro atoms. The van der Waals surface area contributed by atoms with E-state index < -0.39 is 0 Å². The topological polar surface area (TPSA) is 34.1 Å². The van der Waals surface area contributed by atoms with Gasteiger partial charge in [0.25, 0.3) is 0 Å². The van der Waals surface area contributed by atoms with E-state index in [1.54, 1.807) is 6.07 Å². The van der Waals surface area contributed by atoms with E-state index in [0.717, 1.165) is 0 Å². The van der Waals surface area contributed by atoms with E-state index in [2.05, 4.69) is 15.9 Å². The summed E-state index contributed by atoms with van der Waals surface area (Å²) in [7, 11) is 0. The molecule has 1 aromatic rings. The van der Waals surface area contributed by atoms with Crippen LogP contribution in [0.1, 0.15) is 27.6 Å². The van der Waals surface area contributed by atoms with Gasteiger partial charge in [0.05, 0.1) is 0 Å². The van der Waals surface area contributed by atoms with E-state index in [-0.39, 0.29) is 5.78 Å². The average Bonchev–Trinajstić information content (AvgIpc) is 2.02. The Labute approximate surface area is 89.0 Å². The number of hydrogen-bond acceptors (Lipinski definition) is 2. The summed E-state index contributed by atoms with van der Waals surface area (Å²) in [6, 6.07) is 3.07. The average molecular weight is 262 g/mol. The summed E-state index contributed by atoms with van der Waals surface area (Å²) in [5, 5.41) is 0.433. The molecule has 0 amide bonds. The zero-order valence-electron chi connectivity index (χ0n) is 6.80. The Kier molecular flexibility index (Phi) is 3.22. The van der Waals surface area contributed by atoms with Crippen LogP contribution in [0.15, 0.2) is 16.6 Å². The molecule has 0 bridgehead atoms. The Morgan fingerprint density at radius 3 is 2.62 bits per heavy atom. The largest absolute Gasteiger partial charge is 0.298 e. The fourth-order valence-electron chi connectivity index (χ4n) is 0.996. The molecule has 68 valence electrons. The number of carbonyl (C=O) groups is 2. The highest BCUT2D eigenvalue weighted by molar-refractivity contribution is 9.10. The summed E-state index contributed by atoms with van der Waals surface area (Å²) >= 11 is 8.88. The Morgan fingerprint density at radius 1 is 1.54 bits per heavy atom. The van der Waals surface area contributed by atoms with Gasteiger partial charge in [-0.15, -0.1) is 0 Å². The first-order valence-electron chi connectivity index (χ1n) is 3.51. The zero-order valence-corrected chi connectivity index (χ0v) is 9.15. The van der Waals surface area contributed by atoms with E-state index in [0.29, 0.717) is 26.9 Å². The Bertz CT molecular complexity index is 374. The van der Waals surface area contributed by atoms with Crippen LogP contribution < -0.4 is 0 Å². The van der Waals surface area contributed by atoms with Gasteiger partial charge in [0.1, 0.15) is 0 Å². The molecule has 0 saturated carbocycles. The molecule has 0 heterocycles. The van der Waals surface area contributed by atoms with E-state index in [4.69, 9.17) is 11.6 Å². The minimum Gasteiger partial charge on any atom is -0.298 e. The Morgan fingerprint density at radius 2 is 2.15 bits per heavy atom. The first-order valence-corrected chi connectivity index (χ1v) is 4.68. The Balaban J connectivity index is 3.46. The lowest BCUT2D eigenvalue weighted by atomic mass is 10.1. The summed E-state index contributed by atoms with van der Waals surface area (Å²) < 4.78 is 0.542. The summed E-state index contributed by atoms with van der Waals surface area (Å²) in [6.45, 7) is 1.39. The van der Waals surface area contributed by atoms with Gasteiger partial charge in [0.2, 0.25) is 0 Å². The van der Waals surface area contributed by atoms with Crippen LogP contribution in [0, 0.1) is 0 Å². The molecule has 13 heavy (non-hydrogen) atoms. The monoisotopic (exact) mass is 260 g/mol. The summed E-state index contributed by atoms with van der Waals surface area (Å²) in [5.41, 5.74) is 0.686. The third-order valence-electron chi connectivity index (χ3n) is 1.59. The molecule has 0 aliphatic carbocycles. The van der Waals surface area contributed by atoms with Crippen molar-refractivity contribution in [2.75, 3.05) is 0 Å². The van der Waals surface area contributed by atoms with Crippen LogP contribution >= 0.6 is 27.5 Å². The number of Topliss-reactive ketones (excluding diaryl/α,β-unsaturated/α-hetero) is 1. The predicted octanol–water partition coefficient (Wildman–Crippen LogP) is 3.12. The molecular weight excluding hydrogens is 255 g/mol. The van der Waals surface area contributed by atoms with Gasteiger partial charge < -0.3 is 0 Å². The molecule has 4 heteroatoms. The molecule has 0 atom stereocenters. The van der Waals surface area contributed by atoms with Gasteiger partial charge in [-0.25, -0.2) is 0 Å². The van der Waals surface area contributed by atoms with Gasteiger partial charge in [0.15, 0.2) is 12.1 Å². The fraction of sp³-hybridized carbons (Fsp3) is 0.111. The van der Waals surface area contributed by atoms with Gasteiger partial charge in [-0.2, -0.15) is 0 Å². The predicted molar refractivity (Wildman–Crippen MR) is 54.5 cm³/mol. The molecule has 0 radical (unpaired) electrons. The normalized spacial score (nSPS) is 9.77. The van der Waals surface area contributed by atoms with Crippen molar-refractivity contribution < 1.29 is 9.59 Å². The third kappa shape index (κ3) is 2.17. The molecule has 0 N–H and O–H groups in total. The fourth-order valence-corrected chi connectivity index (χ4v) is 1.90. The molecule has 0 aliphatic rings. The van der Waals surface area contributed by atoms with E-state index in [1.165, 1.54) is 13.0 Å². The quantitative estimate of drug-likeness (QED) is 0.605. The van der Waals surface area contributed by atoms with Crippen LogP contribution in [-0.4, -0.2) is 12.1 Å². The lowest BCUT2D eigenvalue weighted by Crippen LogP contribution is -1.99. The molecule has 0 fully saturated rings. The van der Waals surface area contributed by atoms with Crippen molar-refractivity contribution in [2.45, 2.75) is 6.92 Å². The first-order chi connectivity index (χ1) is 6.06. The first kappa shape index (κ1) is 10.4. The van der Waals surface area contributed by atoms with Crippen molar-refractivity contribution in [1.29, 1.82) is 0 Å². The highest BCUT2D eigenvalue weighted by Gasteiger charge is 2.11.